The van der Waals surface area contributed by atoms with Crippen molar-refractivity contribution >= 4 is 11.6 Å². The second kappa shape index (κ2) is 6.12. The number of halogens is 1. The first-order valence-electron chi connectivity index (χ1n) is 7.36. The summed E-state index contributed by atoms with van der Waals surface area (Å²) in [6.07, 6.45) is 0. The van der Waals surface area contributed by atoms with Crippen molar-refractivity contribution in [1.29, 1.82) is 0 Å². The number of likely N-dealkylation sites (N-methyl/N-ethyl adjacent to an activating group) is 1. The average Bonchev–Trinajstić information content (AvgIpc) is 2.39. The molecule has 1 heterocycles. The van der Waals surface area contributed by atoms with Crippen molar-refractivity contribution < 1.29 is 14.3 Å². The van der Waals surface area contributed by atoms with Crippen LogP contribution in [0, 0.1) is 11.7 Å². The zero-order valence-corrected chi connectivity index (χ0v) is 12.8. The Bertz CT molecular complexity index is 496. The van der Waals surface area contributed by atoms with Gasteiger partial charge in [-0.15, -0.1) is 0 Å². The molecule has 1 aromatic rings. The lowest BCUT2D eigenvalue weighted by Gasteiger charge is -2.49. The molecule has 0 bridgehead atoms. The summed E-state index contributed by atoms with van der Waals surface area (Å²) in [5, 5.41) is 10.2. The Morgan fingerprint density at radius 2 is 1.95 bits per heavy atom. The number of carbonyl (C=O) groups excluding carboxylic acids is 1. The van der Waals surface area contributed by atoms with Gasteiger partial charge in [0.1, 0.15) is 5.82 Å². The molecule has 5 heteroatoms. The van der Waals surface area contributed by atoms with E-state index in [0.717, 1.165) is 0 Å². The first-order valence-corrected chi connectivity index (χ1v) is 7.36. The number of hydrogen-bond acceptors (Lipinski definition) is 3. The van der Waals surface area contributed by atoms with Crippen LogP contribution in [0.2, 0.25) is 0 Å². The zero-order chi connectivity index (χ0) is 15.6. The molecule has 0 saturated carbocycles. The van der Waals surface area contributed by atoms with Gasteiger partial charge in [-0.1, -0.05) is 13.8 Å². The number of hydrogen-bond donors (Lipinski definition) is 1. The van der Waals surface area contributed by atoms with Crippen LogP contribution in [0.5, 0.6) is 0 Å². The van der Waals surface area contributed by atoms with Crippen LogP contribution in [0.4, 0.5) is 10.1 Å². The maximum absolute atomic E-state index is 13.0. The molecule has 1 amide bonds. The van der Waals surface area contributed by atoms with Crippen molar-refractivity contribution in [3.05, 3.63) is 30.1 Å². The van der Waals surface area contributed by atoms with E-state index in [1.807, 2.05) is 25.7 Å². The fourth-order valence-electron chi connectivity index (χ4n) is 2.61. The molecule has 116 valence electrons. The number of benzene rings is 1. The van der Waals surface area contributed by atoms with Crippen LogP contribution in [0.1, 0.15) is 20.8 Å². The molecule has 0 atom stereocenters. The molecular weight excluding hydrogens is 271 g/mol. The summed E-state index contributed by atoms with van der Waals surface area (Å²) in [6, 6.07) is 5.92. The van der Waals surface area contributed by atoms with Crippen molar-refractivity contribution in [1.82, 2.24) is 4.90 Å². The maximum atomic E-state index is 13.0. The molecule has 0 spiro atoms. The Labute approximate surface area is 125 Å². The van der Waals surface area contributed by atoms with E-state index in [1.54, 1.807) is 17.0 Å². The van der Waals surface area contributed by atoms with Gasteiger partial charge >= 0.3 is 0 Å². The average molecular weight is 294 g/mol. The number of rotatable bonds is 5. The van der Waals surface area contributed by atoms with Gasteiger partial charge in [-0.25, -0.2) is 4.39 Å². The monoisotopic (exact) mass is 294 g/mol. The molecular formula is C16H23FN2O2. The maximum Gasteiger partial charge on any atom is 0.241 e. The first-order chi connectivity index (χ1) is 9.85. The minimum Gasteiger partial charge on any atom is -0.387 e. The highest BCUT2D eigenvalue weighted by atomic mass is 19.1. The molecule has 0 aliphatic carbocycles. The van der Waals surface area contributed by atoms with Crippen LogP contribution >= 0.6 is 0 Å². The third-order valence-corrected chi connectivity index (χ3v) is 4.18. The summed E-state index contributed by atoms with van der Waals surface area (Å²) in [4.78, 5) is 15.9. The summed E-state index contributed by atoms with van der Waals surface area (Å²) in [5.41, 5.74) is 0.0243. The smallest absolute Gasteiger partial charge is 0.241 e. The lowest BCUT2D eigenvalue weighted by Crippen LogP contribution is -2.65. The van der Waals surface area contributed by atoms with Crippen molar-refractivity contribution in [2.45, 2.75) is 26.4 Å². The van der Waals surface area contributed by atoms with Gasteiger partial charge in [-0.3, -0.25) is 9.69 Å². The molecule has 1 saturated heterocycles. The fourth-order valence-corrected chi connectivity index (χ4v) is 2.61. The summed E-state index contributed by atoms with van der Waals surface area (Å²) in [5.74, 6) is -0.162. The van der Waals surface area contributed by atoms with Crippen LogP contribution in [0.25, 0.3) is 0 Å². The Hall–Kier alpha value is -1.46. The molecule has 1 fully saturated rings. The van der Waals surface area contributed by atoms with Gasteiger partial charge in [0, 0.05) is 25.3 Å². The minimum absolute atomic E-state index is 0.0325. The molecule has 2 rings (SSSR count). The molecule has 0 radical (unpaired) electrons. The van der Waals surface area contributed by atoms with Gasteiger partial charge in [-0.05, 0) is 37.1 Å². The van der Waals surface area contributed by atoms with E-state index in [2.05, 4.69) is 0 Å². The van der Waals surface area contributed by atoms with Gasteiger partial charge in [-0.2, -0.15) is 0 Å². The lowest BCUT2D eigenvalue weighted by molar-refractivity contribution is -0.140. The quantitative estimate of drug-likeness (QED) is 0.902. The topological polar surface area (TPSA) is 43.8 Å². The highest BCUT2D eigenvalue weighted by Gasteiger charge is 2.44. The zero-order valence-electron chi connectivity index (χ0n) is 12.8. The molecule has 1 aliphatic heterocycles. The largest absolute Gasteiger partial charge is 0.387 e. The van der Waals surface area contributed by atoms with E-state index >= 15 is 0 Å². The van der Waals surface area contributed by atoms with Crippen LogP contribution in [0.3, 0.4) is 0 Å². The van der Waals surface area contributed by atoms with Crippen molar-refractivity contribution in [3.8, 4) is 0 Å². The van der Waals surface area contributed by atoms with Crippen molar-refractivity contribution in [3.63, 3.8) is 0 Å². The van der Waals surface area contributed by atoms with Gasteiger partial charge in [0.05, 0.1) is 12.1 Å². The highest BCUT2D eigenvalue weighted by molar-refractivity contribution is 5.94. The van der Waals surface area contributed by atoms with Crippen LogP contribution < -0.4 is 4.90 Å². The molecule has 0 unspecified atom stereocenters. The predicted molar refractivity (Wildman–Crippen MR) is 80.7 cm³/mol. The van der Waals surface area contributed by atoms with Crippen LogP contribution in [0.15, 0.2) is 24.3 Å². The van der Waals surface area contributed by atoms with E-state index in [-0.39, 0.29) is 24.2 Å². The predicted octanol–water partition coefficient (Wildman–Crippen LogP) is 1.88. The van der Waals surface area contributed by atoms with Crippen LogP contribution in [-0.2, 0) is 4.79 Å². The Kier molecular flexibility index (Phi) is 4.64. The van der Waals surface area contributed by atoms with E-state index < -0.39 is 5.60 Å². The van der Waals surface area contributed by atoms with Gasteiger partial charge in [0.2, 0.25) is 5.91 Å². The van der Waals surface area contributed by atoms with Gasteiger partial charge in [0.15, 0.2) is 0 Å². The van der Waals surface area contributed by atoms with Crippen LogP contribution in [-0.4, -0.2) is 47.7 Å². The number of likely N-dealkylation sites (tertiary alicyclic amines) is 1. The normalized spacial score (nSPS) is 17.6. The summed E-state index contributed by atoms with van der Waals surface area (Å²) in [6.45, 7) is 7.72. The molecule has 21 heavy (non-hydrogen) atoms. The van der Waals surface area contributed by atoms with E-state index in [4.69, 9.17) is 0 Å². The fraction of sp³-hybridized carbons (Fsp3) is 0.562. The van der Waals surface area contributed by atoms with E-state index in [1.165, 1.54) is 12.1 Å². The highest BCUT2D eigenvalue weighted by Crippen LogP contribution is 2.28. The summed E-state index contributed by atoms with van der Waals surface area (Å²) in [7, 11) is 0. The number of anilines is 1. The second-order valence-corrected chi connectivity index (χ2v) is 6.02. The third kappa shape index (κ3) is 3.41. The van der Waals surface area contributed by atoms with E-state index in [9.17, 15) is 14.3 Å². The van der Waals surface area contributed by atoms with E-state index in [0.29, 0.717) is 25.3 Å². The number of β-amino-alcohol motifs (C(OH)–C–C–N with tert-alkyl or cyclic N) is 1. The Morgan fingerprint density at radius 1 is 1.38 bits per heavy atom. The summed E-state index contributed by atoms with van der Waals surface area (Å²) < 4.78 is 13.0. The number of aliphatic hydroxyl groups is 1. The second-order valence-electron chi connectivity index (χ2n) is 6.02. The molecule has 0 aromatic heterocycles. The third-order valence-electron chi connectivity index (χ3n) is 4.18. The molecule has 4 nitrogen and oxygen atoms in total. The molecule has 1 aromatic carbocycles. The number of amides is 1. The first kappa shape index (κ1) is 15.9. The Balaban J connectivity index is 1.95. The standard InChI is InChI=1S/C16H23FN2O2/c1-4-19(14-7-5-13(17)6-8-14)15(20)9-18-10-16(21,11-18)12(2)3/h5-8,12,21H,4,9-11H2,1-3H3. The summed E-state index contributed by atoms with van der Waals surface area (Å²) >= 11 is 0. The minimum atomic E-state index is -0.673. The van der Waals surface area contributed by atoms with Gasteiger partial charge < -0.3 is 10.0 Å². The molecule has 1 N–H and O–H groups in total. The van der Waals surface area contributed by atoms with Gasteiger partial charge in [0.25, 0.3) is 0 Å². The molecule has 1 aliphatic rings. The number of carbonyl (C=O) groups is 1. The SMILES string of the molecule is CCN(C(=O)CN1CC(O)(C(C)C)C1)c1ccc(F)cc1. The van der Waals surface area contributed by atoms with Crippen molar-refractivity contribution in [2.24, 2.45) is 5.92 Å². The van der Waals surface area contributed by atoms with Crippen molar-refractivity contribution in [2.75, 3.05) is 31.1 Å². The number of nitrogens with zero attached hydrogens (tertiary/aromatic N) is 2. The Morgan fingerprint density at radius 3 is 2.43 bits per heavy atom. The lowest BCUT2D eigenvalue weighted by atomic mass is 9.83.